The van der Waals surface area contributed by atoms with Gasteiger partial charge in [0.15, 0.2) is 0 Å². The first-order chi connectivity index (χ1) is 12.3. The summed E-state index contributed by atoms with van der Waals surface area (Å²) in [5.74, 6) is 1.19. The van der Waals surface area contributed by atoms with E-state index < -0.39 is 0 Å². The Bertz CT molecular complexity index is 1040. The van der Waals surface area contributed by atoms with Crippen LogP contribution in [0, 0.1) is 0 Å². The number of thiophene rings is 1. The summed E-state index contributed by atoms with van der Waals surface area (Å²) in [4.78, 5) is 0.997. The molecule has 0 bridgehead atoms. The van der Waals surface area contributed by atoms with Crippen LogP contribution in [0.1, 0.15) is 30.0 Å². The lowest BCUT2D eigenvalue weighted by Crippen LogP contribution is -2.07. The van der Waals surface area contributed by atoms with Crippen LogP contribution in [0.4, 0.5) is 5.69 Å². The zero-order chi connectivity index (χ0) is 16.8. The number of rotatable bonds is 4. The van der Waals surface area contributed by atoms with Crippen LogP contribution in [0.2, 0.25) is 0 Å². The Labute approximate surface area is 149 Å². The number of nitrogens with one attached hydrogen (secondary N) is 1. The van der Waals surface area contributed by atoms with E-state index in [-0.39, 0.29) is 6.04 Å². The van der Waals surface area contributed by atoms with Crippen molar-refractivity contribution < 1.29 is 4.42 Å². The van der Waals surface area contributed by atoms with Crippen LogP contribution in [0.25, 0.3) is 21.5 Å². The summed E-state index contributed by atoms with van der Waals surface area (Å²) in [6.45, 7) is 2.05. The second-order valence-corrected chi connectivity index (χ2v) is 7.35. The second kappa shape index (κ2) is 5.70. The quantitative estimate of drug-likeness (QED) is 0.550. The average Bonchev–Trinajstić information content (AvgIpc) is 3.38. The SMILES string of the molecule is C[C@H](Nc1ccc2c3c(cccc13)CC2)c1nnc(-c2cccs2)o1. The number of hydrogen-bond acceptors (Lipinski definition) is 5. The second-order valence-electron chi connectivity index (χ2n) is 6.40. The van der Waals surface area contributed by atoms with E-state index >= 15 is 0 Å². The standard InChI is InChI=1S/C20H17N3OS/c1-12(19-22-23-20(24-19)17-6-3-11-25-17)21-16-10-9-14-8-7-13-4-2-5-15(16)18(13)14/h2-6,9-12,21H,7-8H2,1H3/t12-/m0/s1. The predicted octanol–water partition coefficient (Wildman–Crippen LogP) is 5.22. The lowest BCUT2D eigenvalue weighted by Gasteiger charge is -2.15. The molecular weight excluding hydrogens is 330 g/mol. The highest BCUT2D eigenvalue weighted by atomic mass is 32.1. The summed E-state index contributed by atoms with van der Waals surface area (Å²) >= 11 is 1.60. The smallest absolute Gasteiger partial charge is 0.257 e. The van der Waals surface area contributed by atoms with Gasteiger partial charge >= 0.3 is 0 Å². The van der Waals surface area contributed by atoms with Crippen molar-refractivity contribution in [3.05, 3.63) is 64.9 Å². The molecule has 0 saturated carbocycles. The van der Waals surface area contributed by atoms with Crippen molar-refractivity contribution in [3.8, 4) is 10.8 Å². The predicted molar refractivity (Wildman–Crippen MR) is 101 cm³/mol. The molecule has 5 heteroatoms. The van der Waals surface area contributed by atoms with Gasteiger partial charge in [-0.3, -0.25) is 0 Å². The third kappa shape index (κ3) is 2.43. The molecule has 1 N–H and O–H groups in total. The largest absolute Gasteiger partial charge is 0.418 e. The zero-order valence-corrected chi connectivity index (χ0v) is 14.6. The Kier molecular flexibility index (Phi) is 3.35. The molecular formula is C20H17N3OS. The van der Waals surface area contributed by atoms with E-state index in [4.69, 9.17) is 4.42 Å². The molecule has 124 valence electrons. The number of benzene rings is 2. The van der Waals surface area contributed by atoms with Gasteiger partial charge in [-0.1, -0.05) is 30.3 Å². The molecule has 2 aromatic heterocycles. The van der Waals surface area contributed by atoms with Gasteiger partial charge in [0.1, 0.15) is 6.04 Å². The van der Waals surface area contributed by atoms with E-state index in [1.807, 2.05) is 17.5 Å². The maximum absolute atomic E-state index is 5.86. The first-order valence-corrected chi connectivity index (χ1v) is 9.35. The third-order valence-electron chi connectivity index (χ3n) is 4.79. The van der Waals surface area contributed by atoms with Crippen LogP contribution in [-0.2, 0) is 12.8 Å². The minimum Gasteiger partial charge on any atom is -0.418 e. The van der Waals surface area contributed by atoms with E-state index in [1.165, 1.54) is 21.9 Å². The molecule has 2 heterocycles. The zero-order valence-electron chi connectivity index (χ0n) is 13.8. The number of hydrogen-bond donors (Lipinski definition) is 1. The normalized spacial score (nSPS) is 14.1. The molecule has 2 aromatic carbocycles. The van der Waals surface area contributed by atoms with E-state index in [1.54, 1.807) is 11.3 Å². The van der Waals surface area contributed by atoms with Crippen molar-refractivity contribution in [2.75, 3.05) is 5.32 Å². The van der Waals surface area contributed by atoms with Gasteiger partial charge in [0.25, 0.3) is 5.89 Å². The molecule has 25 heavy (non-hydrogen) atoms. The Morgan fingerprint density at radius 3 is 2.76 bits per heavy atom. The number of nitrogens with zero attached hydrogens (tertiary/aromatic N) is 2. The first kappa shape index (κ1) is 14.7. The topological polar surface area (TPSA) is 51.0 Å². The van der Waals surface area contributed by atoms with Crippen molar-refractivity contribution in [2.45, 2.75) is 25.8 Å². The van der Waals surface area contributed by atoms with Crippen LogP contribution in [-0.4, -0.2) is 10.2 Å². The van der Waals surface area contributed by atoms with Crippen molar-refractivity contribution in [3.63, 3.8) is 0 Å². The van der Waals surface area contributed by atoms with Crippen molar-refractivity contribution >= 4 is 27.8 Å². The van der Waals surface area contributed by atoms with Crippen LogP contribution in [0.15, 0.2) is 52.3 Å². The van der Waals surface area contributed by atoms with E-state index in [2.05, 4.69) is 52.8 Å². The maximum Gasteiger partial charge on any atom is 0.257 e. The Morgan fingerprint density at radius 2 is 1.92 bits per heavy atom. The summed E-state index contributed by atoms with van der Waals surface area (Å²) < 4.78 is 5.86. The van der Waals surface area contributed by atoms with Crippen LogP contribution in [0.5, 0.6) is 0 Å². The van der Waals surface area contributed by atoms with Crippen molar-refractivity contribution in [1.82, 2.24) is 10.2 Å². The Hall–Kier alpha value is -2.66. The summed E-state index contributed by atoms with van der Waals surface area (Å²) in [5.41, 5.74) is 4.01. The fourth-order valence-electron chi connectivity index (χ4n) is 3.58. The molecule has 0 radical (unpaired) electrons. The third-order valence-corrected chi connectivity index (χ3v) is 5.65. The molecule has 0 aliphatic heterocycles. The molecule has 0 amide bonds. The highest BCUT2D eigenvalue weighted by Crippen LogP contribution is 2.36. The summed E-state index contributed by atoms with van der Waals surface area (Å²) in [7, 11) is 0. The molecule has 1 aliphatic rings. The van der Waals surface area contributed by atoms with Crippen LogP contribution < -0.4 is 5.32 Å². The lowest BCUT2D eigenvalue weighted by atomic mass is 10.0. The van der Waals surface area contributed by atoms with Gasteiger partial charge in [-0.05, 0) is 53.8 Å². The molecule has 4 nitrogen and oxygen atoms in total. The van der Waals surface area contributed by atoms with E-state index in [0.29, 0.717) is 11.8 Å². The number of aromatic nitrogens is 2. The monoisotopic (exact) mass is 347 g/mol. The lowest BCUT2D eigenvalue weighted by molar-refractivity contribution is 0.486. The molecule has 4 aromatic rings. The fourth-order valence-corrected chi connectivity index (χ4v) is 4.22. The van der Waals surface area contributed by atoms with Crippen molar-refractivity contribution in [1.29, 1.82) is 0 Å². The van der Waals surface area contributed by atoms with Gasteiger partial charge in [0.05, 0.1) is 4.88 Å². The molecule has 0 unspecified atom stereocenters. The Morgan fingerprint density at radius 1 is 1.04 bits per heavy atom. The molecule has 1 aliphatic carbocycles. The van der Waals surface area contributed by atoms with Gasteiger partial charge in [-0.2, -0.15) is 0 Å². The molecule has 1 atom stereocenters. The van der Waals surface area contributed by atoms with Gasteiger partial charge in [0, 0.05) is 11.1 Å². The number of anilines is 1. The van der Waals surface area contributed by atoms with Gasteiger partial charge in [-0.15, -0.1) is 21.5 Å². The van der Waals surface area contributed by atoms with Crippen molar-refractivity contribution in [2.24, 2.45) is 0 Å². The van der Waals surface area contributed by atoms with Gasteiger partial charge in [-0.25, -0.2) is 0 Å². The molecule has 0 fully saturated rings. The van der Waals surface area contributed by atoms with Gasteiger partial charge in [0.2, 0.25) is 5.89 Å². The minimum atomic E-state index is -0.0559. The van der Waals surface area contributed by atoms with E-state index in [9.17, 15) is 0 Å². The van der Waals surface area contributed by atoms with Crippen LogP contribution in [0.3, 0.4) is 0 Å². The molecule has 5 rings (SSSR count). The minimum absolute atomic E-state index is 0.0559. The maximum atomic E-state index is 5.86. The molecule has 0 spiro atoms. The fraction of sp³-hybridized carbons (Fsp3) is 0.200. The number of aryl methyl sites for hydroxylation is 2. The molecule has 0 saturated heterocycles. The van der Waals surface area contributed by atoms with Crippen LogP contribution >= 0.6 is 11.3 Å². The average molecular weight is 347 g/mol. The highest BCUT2D eigenvalue weighted by molar-refractivity contribution is 7.13. The summed E-state index contributed by atoms with van der Waals surface area (Å²) in [6.07, 6.45) is 2.28. The van der Waals surface area contributed by atoms with Gasteiger partial charge < -0.3 is 9.73 Å². The summed E-state index contributed by atoms with van der Waals surface area (Å²) in [6, 6.07) is 14.9. The first-order valence-electron chi connectivity index (χ1n) is 8.47. The van der Waals surface area contributed by atoms with E-state index in [0.717, 1.165) is 23.4 Å². The highest BCUT2D eigenvalue weighted by Gasteiger charge is 2.19. The summed E-state index contributed by atoms with van der Waals surface area (Å²) in [5, 5.41) is 16.6. The Balaban J connectivity index is 1.47.